The van der Waals surface area contributed by atoms with Crippen molar-refractivity contribution in [3.05, 3.63) is 29.3 Å². The number of rotatable bonds is 7. The number of carboxylic acids is 1. The number of hydrogen-bond acceptors (Lipinski definition) is 6. The zero-order valence-electron chi connectivity index (χ0n) is 17.8. The van der Waals surface area contributed by atoms with Crippen LogP contribution < -0.4 is 5.32 Å². The monoisotopic (exact) mass is 419 g/mol. The van der Waals surface area contributed by atoms with Crippen LogP contribution in [0.5, 0.6) is 0 Å². The normalized spacial score (nSPS) is 18.7. The molecule has 1 aliphatic carbocycles. The van der Waals surface area contributed by atoms with E-state index in [1.165, 1.54) is 18.2 Å². The molecule has 2 rings (SSSR count). The number of carboxylic acid groups (broad SMARTS) is 1. The van der Waals surface area contributed by atoms with Gasteiger partial charge in [-0.3, -0.25) is 9.59 Å². The van der Waals surface area contributed by atoms with Crippen LogP contribution in [0.2, 0.25) is 0 Å². The first-order chi connectivity index (χ1) is 14.1. The Bertz CT molecular complexity index is 775. The molecule has 1 aromatic rings. The van der Waals surface area contributed by atoms with E-state index in [2.05, 4.69) is 5.32 Å². The molecule has 1 saturated carbocycles. The molecule has 0 aromatic heterocycles. The number of carbonyl (C=O) groups excluding carboxylic acids is 3. The van der Waals surface area contributed by atoms with E-state index in [-0.39, 0.29) is 29.0 Å². The lowest BCUT2D eigenvalue weighted by Gasteiger charge is -2.27. The van der Waals surface area contributed by atoms with Gasteiger partial charge in [0.1, 0.15) is 0 Å². The van der Waals surface area contributed by atoms with Gasteiger partial charge in [-0.1, -0.05) is 12.8 Å². The van der Waals surface area contributed by atoms with Crippen molar-refractivity contribution in [1.29, 1.82) is 0 Å². The van der Waals surface area contributed by atoms with Crippen LogP contribution in [0, 0.1) is 11.8 Å². The molecule has 8 heteroatoms. The molecule has 0 spiro atoms. The average Bonchev–Trinajstić information content (AvgIpc) is 2.66. The predicted molar refractivity (Wildman–Crippen MR) is 109 cm³/mol. The first-order valence-electron chi connectivity index (χ1n) is 10.2. The number of benzene rings is 1. The third kappa shape index (κ3) is 6.30. The van der Waals surface area contributed by atoms with Gasteiger partial charge in [0.15, 0.2) is 0 Å². The van der Waals surface area contributed by atoms with E-state index in [9.17, 15) is 24.3 Å². The Balaban J connectivity index is 2.32. The Morgan fingerprint density at radius 3 is 1.77 bits per heavy atom. The van der Waals surface area contributed by atoms with Gasteiger partial charge in [-0.25, -0.2) is 9.59 Å². The summed E-state index contributed by atoms with van der Waals surface area (Å²) in [4.78, 5) is 49.0. The lowest BCUT2D eigenvalue weighted by atomic mass is 9.78. The van der Waals surface area contributed by atoms with Gasteiger partial charge in [-0.15, -0.1) is 0 Å². The van der Waals surface area contributed by atoms with Crippen LogP contribution in [-0.4, -0.2) is 41.1 Å². The number of amides is 1. The minimum absolute atomic E-state index is 0.0932. The fraction of sp³-hybridized carbons (Fsp3) is 0.545. The van der Waals surface area contributed by atoms with Crippen LogP contribution in [0.25, 0.3) is 0 Å². The molecule has 1 aliphatic rings. The van der Waals surface area contributed by atoms with Crippen LogP contribution in [0.4, 0.5) is 5.69 Å². The van der Waals surface area contributed by atoms with E-state index in [4.69, 9.17) is 9.47 Å². The molecular weight excluding hydrogens is 390 g/mol. The zero-order valence-corrected chi connectivity index (χ0v) is 17.8. The molecule has 2 atom stereocenters. The van der Waals surface area contributed by atoms with Crippen molar-refractivity contribution in [2.24, 2.45) is 11.8 Å². The Morgan fingerprint density at radius 2 is 1.33 bits per heavy atom. The summed E-state index contributed by atoms with van der Waals surface area (Å²) in [5.74, 6) is -4.14. The molecule has 0 heterocycles. The first-order valence-corrected chi connectivity index (χ1v) is 10.2. The zero-order chi connectivity index (χ0) is 22.4. The van der Waals surface area contributed by atoms with Gasteiger partial charge in [-0.05, 0) is 58.7 Å². The number of carbonyl (C=O) groups is 4. The average molecular weight is 419 g/mol. The third-order valence-electron chi connectivity index (χ3n) is 4.78. The van der Waals surface area contributed by atoms with Crippen LogP contribution >= 0.6 is 0 Å². The Kier molecular flexibility index (Phi) is 7.97. The summed E-state index contributed by atoms with van der Waals surface area (Å²) in [6.07, 6.45) is 1.73. The predicted octanol–water partition coefficient (Wildman–Crippen LogP) is 3.65. The van der Waals surface area contributed by atoms with Crippen molar-refractivity contribution >= 4 is 29.5 Å². The van der Waals surface area contributed by atoms with Gasteiger partial charge in [0.25, 0.3) is 0 Å². The van der Waals surface area contributed by atoms with Gasteiger partial charge < -0.3 is 19.9 Å². The number of anilines is 1. The van der Waals surface area contributed by atoms with E-state index in [0.717, 1.165) is 12.8 Å². The number of aliphatic carboxylic acids is 1. The van der Waals surface area contributed by atoms with Gasteiger partial charge in [0.05, 0.1) is 35.2 Å². The van der Waals surface area contributed by atoms with E-state index < -0.39 is 35.7 Å². The van der Waals surface area contributed by atoms with Crippen molar-refractivity contribution < 1.29 is 33.8 Å². The Labute approximate surface area is 175 Å². The molecule has 0 radical (unpaired) electrons. The lowest BCUT2D eigenvalue weighted by Crippen LogP contribution is -2.36. The molecule has 0 saturated heterocycles. The molecular formula is C22H29NO7. The first kappa shape index (κ1) is 23.4. The number of nitrogens with one attached hydrogen (secondary N) is 1. The van der Waals surface area contributed by atoms with Gasteiger partial charge in [0.2, 0.25) is 5.91 Å². The van der Waals surface area contributed by atoms with E-state index in [0.29, 0.717) is 12.8 Å². The smallest absolute Gasteiger partial charge is 0.338 e. The third-order valence-corrected chi connectivity index (χ3v) is 4.78. The number of ether oxygens (including phenoxy) is 2. The molecule has 1 fully saturated rings. The van der Waals surface area contributed by atoms with Crippen LogP contribution in [0.3, 0.4) is 0 Å². The number of esters is 2. The molecule has 0 bridgehead atoms. The summed E-state index contributed by atoms with van der Waals surface area (Å²) < 4.78 is 10.4. The fourth-order valence-electron chi connectivity index (χ4n) is 3.47. The molecule has 8 nitrogen and oxygen atoms in total. The van der Waals surface area contributed by atoms with Crippen LogP contribution in [-0.2, 0) is 19.1 Å². The highest BCUT2D eigenvalue weighted by molar-refractivity contribution is 6.00. The van der Waals surface area contributed by atoms with Crippen molar-refractivity contribution in [3.8, 4) is 0 Å². The summed E-state index contributed by atoms with van der Waals surface area (Å²) in [6.45, 7) is 6.80. The second-order valence-electron chi connectivity index (χ2n) is 8.03. The van der Waals surface area contributed by atoms with E-state index >= 15 is 0 Å². The highest BCUT2D eigenvalue weighted by Crippen LogP contribution is 2.31. The second kappa shape index (κ2) is 10.2. The fourth-order valence-corrected chi connectivity index (χ4v) is 3.47. The lowest BCUT2D eigenvalue weighted by molar-refractivity contribution is -0.147. The van der Waals surface area contributed by atoms with E-state index in [1.807, 2.05) is 0 Å². The molecule has 164 valence electrons. The summed E-state index contributed by atoms with van der Waals surface area (Å²) >= 11 is 0. The summed E-state index contributed by atoms with van der Waals surface area (Å²) in [7, 11) is 0. The van der Waals surface area contributed by atoms with Crippen molar-refractivity contribution in [2.75, 3.05) is 5.32 Å². The van der Waals surface area contributed by atoms with Crippen LogP contribution in [0.15, 0.2) is 18.2 Å². The Hall–Kier alpha value is -2.90. The maximum absolute atomic E-state index is 12.8. The van der Waals surface area contributed by atoms with Crippen molar-refractivity contribution in [1.82, 2.24) is 0 Å². The summed E-state index contributed by atoms with van der Waals surface area (Å²) in [5.41, 5.74) is 0.398. The van der Waals surface area contributed by atoms with Gasteiger partial charge >= 0.3 is 17.9 Å². The van der Waals surface area contributed by atoms with E-state index in [1.54, 1.807) is 27.7 Å². The molecule has 30 heavy (non-hydrogen) atoms. The summed E-state index contributed by atoms with van der Waals surface area (Å²) in [6, 6.07) is 4.17. The molecule has 1 aromatic carbocycles. The maximum Gasteiger partial charge on any atom is 0.338 e. The Morgan fingerprint density at radius 1 is 0.867 bits per heavy atom. The summed E-state index contributed by atoms with van der Waals surface area (Å²) in [5, 5.41) is 12.1. The minimum Gasteiger partial charge on any atom is -0.481 e. The molecule has 0 unspecified atom stereocenters. The van der Waals surface area contributed by atoms with Crippen molar-refractivity contribution in [2.45, 2.75) is 65.6 Å². The molecule has 2 N–H and O–H groups in total. The standard InChI is InChI=1S/C22H29NO7/c1-12(2)29-21(27)14-9-15(22(28)30-13(3)4)11-16(10-14)23-19(24)17-7-5-6-8-18(17)20(25)26/h9-13,17-18H,5-8H2,1-4H3,(H,23,24)(H,25,26)/t17-,18-/m1/s1. The van der Waals surface area contributed by atoms with Crippen molar-refractivity contribution in [3.63, 3.8) is 0 Å². The maximum atomic E-state index is 12.8. The topological polar surface area (TPSA) is 119 Å². The number of hydrogen-bond donors (Lipinski definition) is 2. The highest BCUT2D eigenvalue weighted by atomic mass is 16.5. The van der Waals surface area contributed by atoms with Crippen LogP contribution in [0.1, 0.15) is 74.1 Å². The quantitative estimate of drug-likeness (QED) is 0.648. The van der Waals surface area contributed by atoms with Gasteiger partial charge in [0, 0.05) is 5.69 Å². The second-order valence-corrected chi connectivity index (χ2v) is 8.03. The molecule has 0 aliphatic heterocycles. The SMILES string of the molecule is CC(C)OC(=O)c1cc(NC(=O)[C@@H]2CCCC[C@H]2C(=O)O)cc(C(=O)OC(C)C)c1. The highest BCUT2D eigenvalue weighted by Gasteiger charge is 2.35. The minimum atomic E-state index is -0.995. The molecule has 1 amide bonds. The van der Waals surface area contributed by atoms with Gasteiger partial charge in [-0.2, -0.15) is 0 Å². The largest absolute Gasteiger partial charge is 0.481 e.